The normalized spacial score (nSPS) is 15.9. The average Bonchev–Trinajstić information content (AvgIpc) is 3.93. The van der Waals surface area contributed by atoms with E-state index in [0.717, 1.165) is 0 Å². The molecule has 2 aromatic carbocycles. The SMILES string of the molecule is CCn1nc(C)cc1C(=O)Nc1nc2cc(C(N)=O)cc3c2n1C(CCCC1COc2cc(C(N)=O)cc4nc(NC(=O)c5cc(C)nn5CC)n1c24)CO3. The van der Waals surface area contributed by atoms with Gasteiger partial charge in [-0.15, -0.1) is 0 Å². The summed E-state index contributed by atoms with van der Waals surface area (Å²) in [6, 6.07) is 9.31. The Morgan fingerprint density at radius 2 is 1.11 bits per heavy atom. The quantitative estimate of drug-likeness (QED) is 0.141. The van der Waals surface area contributed by atoms with Gasteiger partial charge in [0.05, 0.1) is 34.5 Å². The van der Waals surface area contributed by atoms with Crippen molar-refractivity contribution in [2.24, 2.45) is 11.5 Å². The maximum Gasteiger partial charge on any atom is 0.276 e. The monoisotopic (exact) mass is 748 g/mol. The number of amides is 4. The Balaban J connectivity index is 1.10. The zero-order valence-corrected chi connectivity index (χ0v) is 30.8. The first-order chi connectivity index (χ1) is 26.4. The van der Waals surface area contributed by atoms with Gasteiger partial charge in [-0.05, 0) is 83.4 Å². The van der Waals surface area contributed by atoms with Gasteiger partial charge in [0.15, 0.2) is 0 Å². The van der Waals surface area contributed by atoms with Gasteiger partial charge in [0.2, 0.25) is 23.7 Å². The van der Waals surface area contributed by atoms with Crippen molar-refractivity contribution in [1.82, 2.24) is 38.7 Å². The maximum absolute atomic E-state index is 13.6. The van der Waals surface area contributed by atoms with E-state index < -0.39 is 11.8 Å². The minimum absolute atomic E-state index is 0.243. The number of nitrogens with zero attached hydrogens (tertiary/aromatic N) is 8. The van der Waals surface area contributed by atoms with E-state index in [1.54, 1.807) is 45.8 Å². The number of anilines is 2. The highest BCUT2D eigenvalue weighted by Crippen LogP contribution is 2.41. The lowest BCUT2D eigenvalue weighted by Gasteiger charge is -2.30. The summed E-state index contributed by atoms with van der Waals surface area (Å²) >= 11 is 0. The standard InChI is InChI=1S/C37H40N12O6/c1-5-46-26(10-18(3)44-46)34(52)42-36-40-24-12-20(32(38)50)14-28-30(24)48(36)22(16-54-28)8-7-9-23-17-55-29-15-21(33(39)51)13-25-31(29)49(23)37(41-25)43-35(53)27-11-19(4)45-47(27)6-2/h10-15,22-23H,5-9,16-17H2,1-4H3,(H2,38,50)(H2,39,51)(H,40,42,52)(H,41,43,53). The summed E-state index contributed by atoms with van der Waals surface area (Å²) < 4.78 is 19.5. The number of benzene rings is 2. The van der Waals surface area contributed by atoms with Crippen LogP contribution in [0, 0.1) is 13.8 Å². The van der Waals surface area contributed by atoms with Crippen LogP contribution in [0.2, 0.25) is 0 Å². The fourth-order valence-corrected chi connectivity index (χ4v) is 7.59. The van der Waals surface area contributed by atoms with Crippen molar-refractivity contribution in [3.8, 4) is 11.5 Å². The first kappa shape index (κ1) is 35.3. The molecule has 6 N–H and O–H groups in total. The molecular weight excluding hydrogens is 708 g/mol. The van der Waals surface area contributed by atoms with Gasteiger partial charge in [0.1, 0.15) is 47.1 Å². The topological polar surface area (TPSA) is 234 Å². The largest absolute Gasteiger partial charge is 0.489 e. The molecule has 0 bridgehead atoms. The summed E-state index contributed by atoms with van der Waals surface area (Å²) in [5.74, 6) is -0.487. The number of hydrogen-bond donors (Lipinski definition) is 4. The number of aryl methyl sites for hydroxylation is 4. The minimum Gasteiger partial charge on any atom is -0.489 e. The molecule has 55 heavy (non-hydrogen) atoms. The van der Waals surface area contributed by atoms with Crippen molar-refractivity contribution < 1.29 is 28.7 Å². The van der Waals surface area contributed by atoms with Crippen molar-refractivity contribution >= 4 is 57.6 Å². The van der Waals surface area contributed by atoms with Crippen LogP contribution in [0.4, 0.5) is 11.9 Å². The van der Waals surface area contributed by atoms with Crippen LogP contribution in [0.5, 0.6) is 11.5 Å². The molecule has 18 nitrogen and oxygen atoms in total. The zero-order valence-electron chi connectivity index (χ0n) is 30.8. The minimum atomic E-state index is -0.622. The molecule has 4 aromatic heterocycles. The molecule has 284 valence electrons. The Labute approximate surface area is 313 Å². The van der Waals surface area contributed by atoms with E-state index in [9.17, 15) is 19.2 Å². The van der Waals surface area contributed by atoms with Gasteiger partial charge in [-0.3, -0.25) is 39.2 Å². The lowest BCUT2D eigenvalue weighted by molar-refractivity contribution is 0.0991. The molecule has 0 aliphatic carbocycles. The molecular formula is C37H40N12O6. The third-order valence-electron chi connectivity index (χ3n) is 10.1. The molecule has 2 aliphatic rings. The number of nitrogens with one attached hydrogen (secondary N) is 2. The molecule has 2 unspecified atom stereocenters. The van der Waals surface area contributed by atoms with Gasteiger partial charge in [0.25, 0.3) is 11.8 Å². The molecule has 0 saturated carbocycles. The molecule has 0 saturated heterocycles. The van der Waals surface area contributed by atoms with Gasteiger partial charge < -0.3 is 30.1 Å². The van der Waals surface area contributed by atoms with Crippen molar-refractivity contribution in [2.75, 3.05) is 23.8 Å². The molecule has 0 fully saturated rings. The number of hydrogen-bond acceptors (Lipinski definition) is 10. The van der Waals surface area contributed by atoms with E-state index in [1.807, 2.05) is 36.8 Å². The molecule has 2 atom stereocenters. The molecule has 4 amide bonds. The van der Waals surface area contributed by atoms with Gasteiger partial charge in [-0.25, -0.2) is 9.97 Å². The van der Waals surface area contributed by atoms with Crippen LogP contribution in [0.1, 0.15) is 98.3 Å². The highest BCUT2D eigenvalue weighted by molar-refractivity contribution is 6.05. The average molecular weight is 749 g/mol. The number of rotatable bonds is 12. The van der Waals surface area contributed by atoms with Crippen molar-refractivity contribution in [2.45, 2.75) is 72.1 Å². The van der Waals surface area contributed by atoms with Crippen LogP contribution in [0.15, 0.2) is 36.4 Å². The number of ether oxygens (including phenoxy) is 2. The van der Waals surface area contributed by atoms with Crippen LogP contribution >= 0.6 is 0 Å². The Hall–Kier alpha value is -6.72. The molecule has 8 rings (SSSR count). The van der Waals surface area contributed by atoms with Crippen molar-refractivity contribution in [3.05, 3.63) is 70.3 Å². The molecule has 0 radical (unpaired) electrons. The van der Waals surface area contributed by atoms with Crippen LogP contribution in [0.3, 0.4) is 0 Å². The van der Waals surface area contributed by atoms with Crippen LogP contribution in [0.25, 0.3) is 22.1 Å². The summed E-state index contributed by atoms with van der Waals surface area (Å²) in [5, 5.41) is 14.8. The predicted molar refractivity (Wildman–Crippen MR) is 201 cm³/mol. The molecule has 2 aliphatic heterocycles. The van der Waals surface area contributed by atoms with E-state index >= 15 is 0 Å². The van der Waals surface area contributed by atoms with Crippen LogP contribution < -0.4 is 31.6 Å². The molecule has 6 heterocycles. The number of nitrogens with two attached hydrogens (primary N) is 2. The van der Waals surface area contributed by atoms with E-state index in [4.69, 9.17) is 30.9 Å². The van der Waals surface area contributed by atoms with Crippen molar-refractivity contribution in [1.29, 1.82) is 0 Å². The van der Waals surface area contributed by atoms with E-state index in [1.165, 1.54) is 0 Å². The summed E-state index contributed by atoms with van der Waals surface area (Å²) in [6.45, 7) is 8.97. The second-order valence-electron chi connectivity index (χ2n) is 13.8. The fraction of sp³-hybridized carbons (Fsp3) is 0.351. The smallest absolute Gasteiger partial charge is 0.276 e. The predicted octanol–water partition coefficient (Wildman–Crippen LogP) is 3.88. The van der Waals surface area contributed by atoms with Crippen LogP contribution in [-0.4, -0.2) is 75.5 Å². The maximum atomic E-state index is 13.6. The first-order valence-electron chi connectivity index (χ1n) is 18.1. The van der Waals surface area contributed by atoms with Gasteiger partial charge in [0, 0.05) is 24.2 Å². The van der Waals surface area contributed by atoms with Gasteiger partial charge in [-0.1, -0.05) is 0 Å². The summed E-state index contributed by atoms with van der Waals surface area (Å²) in [7, 11) is 0. The Morgan fingerprint density at radius 1 is 0.691 bits per heavy atom. The zero-order chi connectivity index (χ0) is 38.7. The molecule has 6 aromatic rings. The van der Waals surface area contributed by atoms with E-state index in [2.05, 4.69) is 20.8 Å². The van der Waals surface area contributed by atoms with Crippen LogP contribution in [-0.2, 0) is 13.1 Å². The number of primary amides is 2. The Bertz CT molecular complexity index is 2390. The highest BCUT2D eigenvalue weighted by Gasteiger charge is 2.32. The summed E-state index contributed by atoms with van der Waals surface area (Å²) in [4.78, 5) is 61.0. The number of carbonyl (C=O) groups excluding carboxylic acids is 4. The van der Waals surface area contributed by atoms with Gasteiger partial charge >= 0.3 is 0 Å². The lowest BCUT2D eigenvalue weighted by atomic mass is 10.0. The number of carbonyl (C=O) groups is 4. The highest BCUT2D eigenvalue weighted by atomic mass is 16.5. The summed E-state index contributed by atoms with van der Waals surface area (Å²) in [6.07, 6.45) is 1.88. The lowest BCUT2D eigenvalue weighted by Crippen LogP contribution is -2.28. The third-order valence-corrected chi connectivity index (χ3v) is 10.1. The fourth-order valence-electron chi connectivity index (χ4n) is 7.59. The second kappa shape index (κ2) is 13.6. The van der Waals surface area contributed by atoms with E-state index in [0.29, 0.717) is 101 Å². The third kappa shape index (κ3) is 6.18. The molecule has 0 spiro atoms. The second-order valence-corrected chi connectivity index (χ2v) is 13.8. The van der Waals surface area contributed by atoms with E-state index in [-0.39, 0.29) is 48.2 Å². The number of imidazole rings is 2. The Morgan fingerprint density at radius 3 is 1.49 bits per heavy atom. The number of aromatic nitrogens is 8. The van der Waals surface area contributed by atoms with Crippen molar-refractivity contribution in [3.63, 3.8) is 0 Å². The Kier molecular flexibility index (Phi) is 8.74. The summed E-state index contributed by atoms with van der Waals surface area (Å²) in [5.41, 5.74) is 16.1. The first-order valence-corrected chi connectivity index (χ1v) is 18.1. The molecule has 18 heteroatoms. The van der Waals surface area contributed by atoms with Gasteiger partial charge in [-0.2, -0.15) is 10.2 Å².